The van der Waals surface area contributed by atoms with E-state index in [-0.39, 0.29) is 34.0 Å². The molecule has 0 aliphatic heterocycles. The van der Waals surface area contributed by atoms with Crippen LogP contribution in [0.15, 0.2) is 91.0 Å². The molecular formula is C31H20ClF6NO. The number of aromatic nitrogens is 1. The summed E-state index contributed by atoms with van der Waals surface area (Å²) < 4.78 is 88.7. The van der Waals surface area contributed by atoms with Gasteiger partial charge in [-0.15, -0.1) is 0 Å². The van der Waals surface area contributed by atoms with Gasteiger partial charge in [0.2, 0.25) is 0 Å². The van der Waals surface area contributed by atoms with Crippen LogP contribution in [0.2, 0.25) is 5.02 Å². The van der Waals surface area contributed by atoms with Crippen LogP contribution in [0.1, 0.15) is 22.4 Å². The third-order valence-corrected chi connectivity index (χ3v) is 6.83. The summed E-state index contributed by atoms with van der Waals surface area (Å²) in [5.41, 5.74) is 0.100. The van der Waals surface area contributed by atoms with Crippen molar-refractivity contribution in [3.8, 4) is 28.0 Å². The predicted molar refractivity (Wildman–Crippen MR) is 143 cm³/mol. The smallest absolute Gasteiger partial charge is 0.434 e. The first kappa shape index (κ1) is 27.5. The molecule has 0 unspecified atom stereocenters. The van der Waals surface area contributed by atoms with Gasteiger partial charge in [0.05, 0.1) is 11.1 Å². The molecule has 1 aromatic heterocycles. The lowest BCUT2D eigenvalue weighted by atomic mass is 9.88. The zero-order valence-electron chi connectivity index (χ0n) is 20.9. The number of halogens is 7. The lowest BCUT2D eigenvalue weighted by Crippen LogP contribution is -2.12. The number of aryl methyl sites for hydroxylation is 1. The van der Waals surface area contributed by atoms with Gasteiger partial charge >= 0.3 is 12.4 Å². The Hall–Kier alpha value is -4.04. The Balaban J connectivity index is 1.66. The number of pyridine rings is 1. The number of para-hydroxylation sites is 1. The highest BCUT2D eigenvalue weighted by molar-refractivity contribution is 6.31. The van der Waals surface area contributed by atoms with E-state index in [4.69, 9.17) is 16.3 Å². The zero-order chi connectivity index (χ0) is 28.7. The van der Waals surface area contributed by atoms with E-state index < -0.39 is 23.6 Å². The molecular weight excluding hydrogens is 552 g/mol. The van der Waals surface area contributed by atoms with Crippen LogP contribution >= 0.6 is 11.6 Å². The van der Waals surface area contributed by atoms with E-state index in [1.165, 1.54) is 6.07 Å². The molecule has 0 atom stereocenters. The second-order valence-electron chi connectivity index (χ2n) is 9.16. The molecule has 40 heavy (non-hydrogen) atoms. The van der Waals surface area contributed by atoms with Gasteiger partial charge in [-0.1, -0.05) is 66.2 Å². The molecule has 0 spiro atoms. The molecule has 1 heterocycles. The summed E-state index contributed by atoms with van der Waals surface area (Å²) in [5.74, 6) is 0.246. The number of ether oxygens (including phenoxy) is 1. The molecule has 0 bridgehead atoms. The van der Waals surface area contributed by atoms with Crippen LogP contribution in [-0.2, 0) is 19.0 Å². The second kappa shape index (κ2) is 10.5. The van der Waals surface area contributed by atoms with Gasteiger partial charge in [0, 0.05) is 27.1 Å². The first-order valence-electron chi connectivity index (χ1n) is 12.1. The number of nitrogens with zero attached hydrogens (tertiary/aromatic N) is 1. The van der Waals surface area contributed by atoms with Gasteiger partial charge in [-0.2, -0.15) is 26.3 Å². The van der Waals surface area contributed by atoms with E-state index in [0.29, 0.717) is 27.6 Å². The number of alkyl halides is 6. The normalized spacial score (nSPS) is 12.1. The molecule has 0 fully saturated rings. The van der Waals surface area contributed by atoms with Crippen molar-refractivity contribution in [1.82, 2.24) is 4.98 Å². The minimum Gasteiger partial charge on any atom is -0.489 e. The average molecular weight is 572 g/mol. The topological polar surface area (TPSA) is 22.1 Å². The SMILES string of the molecule is Cc1ccccc1-c1c(C(F)(F)F)nc2ccccc2c1-c1cccc(OCc2cc(C(F)(F)F)ccc2Cl)c1. The van der Waals surface area contributed by atoms with Crippen molar-refractivity contribution < 1.29 is 31.1 Å². The highest BCUT2D eigenvalue weighted by Gasteiger charge is 2.38. The third kappa shape index (κ3) is 5.49. The summed E-state index contributed by atoms with van der Waals surface area (Å²) in [6, 6.07) is 22.7. The molecule has 0 aliphatic carbocycles. The van der Waals surface area contributed by atoms with Gasteiger partial charge in [0.15, 0.2) is 5.69 Å². The van der Waals surface area contributed by atoms with E-state index in [0.717, 1.165) is 18.2 Å². The van der Waals surface area contributed by atoms with Gasteiger partial charge < -0.3 is 4.74 Å². The standard InChI is InChI=1S/C31H20ClF6NO/c1-18-7-2-3-10-23(18)28-27(24-11-4-5-12-26(24)39-29(28)31(36,37)38)19-8-6-9-22(16-19)40-17-20-15-21(30(33,34)35)13-14-25(20)32/h2-16H,17H2,1H3. The van der Waals surface area contributed by atoms with Gasteiger partial charge in [0.25, 0.3) is 0 Å². The first-order valence-corrected chi connectivity index (χ1v) is 12.5. The fraction of sp³-hybridized carbons (Fsp3) is 0.129. The molecule has 204 valence electrons. The summed E-state index contributed by atoms with van der Waals surface area (Å²) in [6.07, 6.45) is -9.30. The molecule has 2 nitrogen and oxygen atoms in total. The molecule has 4 aromatic carbocycles. The number of hydrogen-bond donors (Lipinski definition) is 0. The number of fused-ring (bicyclic) bond motifs is 1. The Bertz CT molecular complexity index is 1710. The summed E-state index contributed by atoms with van der Waals surface area (Å²) in [5, 5.41) is 0.604. The summed E-state index contributed by atoms with van der Waals surface area (Å²) in [4.78, 5) is 4.02. The number of rotatable bonds is 5. The summed E-state index contributed by atoms with van der Waals surface area (Å²) >= 11 is 6.11. The van der Waals surface area contributed by atoms with Crippen LogP contribution in [0.3, 0.4) is 0 Å². The first-order chi connectivity index (χ1) is 18.9. The van der Waals surface area contributed by atoms with Gasteiger partial charge in [-0.25, -0.2) is 4.98 Å². The van der Waals surface area contributed by atoms with E-state index >= 15 is 0 Å². The average Bonchev–Trinajstić information content (AvgIpc) is 2.91. The molecule has 0 amide bonds. The monoisotopic (exact) mass is 571 g/mol. The third-order valence-electron chi connectivity index (χ3n) is 6.47. The lowest BCUT2D eigenvalue weighted by Gasteiger charge is -2.21. The van der Waals surface area contributed by atoms with Crippen molar-refractivity contribution in [2.75, 3.05) is 0 Å². The quantitative estimate of drug-likeness (QED) is 0.196. The van der Waals surface area contributed by atoms with E-state index in [1.807, 2.05) is 0 Å². The highest BCUT2D eigenvalue weighted by Crippen LogP contribution is 2.46. The van der Waals surface area contributed by atoms with Gasteiger partial charge in [-0.05, 0) is 60.0 Å². The van der Waals surface area contributed by atoms with Crippen LogP contribution in [0.4, 0.5) is 26.3 Å². The fourth-order valence-corrected chi connectivity index (χ4v) is 4.77. The Morgan fingerprint density at radius 1 is 0.750 bits per heavy atom. The number of benzene rings is 4. The molecule has 0 radical (unpaired) electrons. The van der Waals surface area contributed by atoms with Crippen molar-refractivity contribution in [2.45, 2.75) is 25.9 Å². The largest absolute Gasteiger partial charge is 0.489 e. The molecule has 5 rings (SSSR count). The molecule has 5 aromatic rings. The minimum atomic E-state index is -4.75. The van der Waals surface area contributed by atoms with Crippen LogP contribution in [0, 0.1) is 6.92 Å². The molecule has 0 saturated carbocycles. The highest BCUT2D eigenvalue weighted by atomic mass is 35.5. The van der Waals surface area contributed by atoms with Crippen LogP contribution in [0.25, 0.3) is 33.2 Å². The fourth-order valence-electron chi connectivity index (χ4n) is 4.60. The molecule has 0 N–H and O–H groups in total. The molecule has 0 aliphatic rings. The van der Waals surface area contributed by atoms with E-state index in [9.17, 15) is 26.3 Å². The van der Waals surface area contributed by atoms with Crippen LogP contribution < -0.4 is 4.74 Å². The van der Waals surface area contributed by atoms with Crippen molar-refractivity contribution in [2.24, 2.45) is 0 Å². The lowest BCUT2D eigenvalue weighted by molar-refractivity contribution is -0.140. The van der Waals surface area contributed by atoms with Crippen LogP contribution in [0.5, 0.6) is 5.75 Å². The van der Waals surface area contributed by atoms with Crippen molar-refractivity contribution in [1.29, 1.82) is 0 Å². The maximum atomic E-state index is 14.5. The Labute approximate surface area is 230 Å². The van der Waals surface area contributed by atoms with E-state index in [2.05, 4.69) is 4.98 Å². The minimum absolute atomic E-state index is 0.0672. The maximum absolute atomic E-state index is 14.5. The Kier molecular flexibility index (Phi) is 7.23. The van der Waals surface area contributed by atoms with Gasteiger partial charge in [0.1, 0.15) is 12.4 Å². The van der Waals surface area contributed by atoms with Crippen molar-refractivity contribution in [3.05, 3.63) is 118 Å². The maximum Gasteiger partial charge on any atom is 0.434 e. The molecule has 0 saturated heterocycles. The van der Waals surface area contributed by atoms with Crippen molar-refractivity contribution >= 4 is 22.5 Å². The second-order valence-corrected chi connectivity index (χ2v) is 9.57. The Morgan fingerprint density at radius 2 is 1.48 bits per heavy atom. The number of hydrogen-bond acceptors (Lipinski definition) is 2. The zero-order valence-corrected chi connectivity index (χ0v) is 21.6. The van der Waals surface area contributed by atoms with E-state index in [1.54, 1.807) is 73.7 Å². The van der Waals surface area contributed by atoms with Crippen molar-refractivity contribution in [3.63, 3.8) is 0 Å². The Morgan fingerprint density at radius 3 is 2.20 bits per heavy atom. The summed E-state index contributed by atoms with van der Waals surface area (Å²) in [7, 11) is 0. The molecule has 9 heteroatoms. The van der Waals surface area contributed by atoms with Gasteiger partial charge in [-0.3, -0.25) is 0 Å². The summed E-state index contributed by atoms with van der Waals surface area (Å²) in [6.45, 7) is 1.45. The predicted octanol–water partition coefficient (Wildman–Crippen LogP) is 10.1. The van der Waals surface area contributed by atoms with Crippen LogP contribution in [-0.4, -0.2) is 4.98 Å².